The van der Waals surface area contributed by atoms with Gasteiger partial charge in [0.05, 0.1) is 0 Å². The lowest BCUT2D eigenvalue weighted by atomic mass is 10.1. The first-order valence-electron chi connectivity index (χ1n) is 6.88. The maximum Gasteiger partial charge on any atom is 0.260 e. The van der Waals surface area contributed by atoms with Crippen LogP contribution in [-0.4, -0.2) is 24.5 Å². The highest BCUT2D eigenvalue weighted by Gasteiger charge is 2.10. The van der Waals surface area contributed by atoms with Crippen LogP contribution in [0.1, 0.15) is 11.1 Å². The number of para-hydroxylation sites is 1. The van der Waals surface area contributed by atoms with Crippen LogP contribution in [0.2, 0.25) is 0 Å². The van der Waals surface area contributed by atoms with E-state index < -0.39 is 0 Å². The lowest BCUT2D eigenvalue weighted by Gasteiger charge is -2.17. The molecule has 4 heteroatoms. The molecule has 2 rings (SSSR count). The number of nitrogens with two attached hydrogens (primary N) is 1. The fourth-order valence-corrected chi connectivity index (χ4v) is 1.91. The molecular weight excluding hydrogens is 264 g/mol. The first-order valence-corrected chi connectivity index (χ1v) is 6.88. The average Bonchev–Trinajstić information content (AvgIpc) is 2.54. The van der Waals surface area contributed by atoms with Crippen molar-refractivity contribution in [3.05, 3.63) is 65.7 Å². The van der Waals surface area contributed by atoms with Crippen LogP contribution in [0.25, 0.3) is 0 Å². The summed E-state index contributed by atoms with van der Waals surface area (Å²) in [6.45, 7) is 1.13. The zero-order chi connectivity index (χ0) is 15.1. The van der Waals surface area contributed by atoms with Crippen molar-refractivity contribution in [1.29, 1.82) is 0 Å². The predicted octanol–water partition coefficient (Wildman–Crippen LogP) is 2.18. The number of benzene rings is 2. The lowest BCUT2D eigenvalue weighted by Crippen LogP contribution is -2.30. The second kappa shape index (κ2) is 7.45. The van der Waals surface area contributed by atoms with E-state index in [2.05, 4.69) is 0 Å². The van der Waals surface area contributed by atoms with Gasteiger partial charge in [0.1, 0.15) is 5.75 Å². The van der Waals surface area contributed by atoms with Crippen molar-refractivity contribution in [3.8, 4) is 5.75 Å². The molecule has 0 saturated heterocycles. The molecule has 0 aliphatic carbocycles. The molecule has 0 heterocycles. The Bertz CT molecular complexity index is 567. The highest BCUT2D eigenvalue weighted by atomic mass is 16.5. The van der Waals surface area contributed by atoms with E-state index in [0.29, 0.717) is 18.8 Å². The predicted molar refractivity (Wildman–Crippen MR) is 82.7 cm³/mol. The Kier molecular flexibility index (Phi) is 5.35. The molecular formula is C17H20N2O2. The topological polar surface area (TPSA) is 55.6 Å². The molecule has 2 aromatic carbocycles. The molecule has 0 fully saturated rings. The molecule has 0 saturated carbocycles. The highest BCUT2D eigenvalue weighted by Crippen LogP contribution is 2.09. The number of amides is 1. The van der Waals surface area contributed by atoms with Gasteiger partial charge in [-0.3, -0.25) is 4.79 Å². The van der Waals surface area contributed by atoms with Crippen LogP contribution >= 0.6 is 0 Å². The molecule has 21 heavy (non-hydrogen) atoms. The summed E-state index contributed by atoms with van der Waals surface area (Å²) < 4.78 is 5.46. The molecule has 2 aromatic rings. The molecule has 0 unspecified atom stereocenters. The van der Waals surface area contributed by atoms with Gasteiger partial charge in [0, 0.05) is 20.1 Å². The Labute approximate surface area is 125 Å². The summed E-state index contributed by atoms with van der Waals surface area (Å²) in [5.74, 6) is 0.647. The first kappa shape index (κ1) is 15.1. The van der Waals surface area contributed by atoms with E-state index >= 15 is 0 Å². The molecule has 2 N–H and O–H groups in total. The van der Waals surface area contributed by atoms with Crippen molar-refractivity contribution in [2.75, 3.05) is 13.7 Å². The van der Waals surface area contributed by atoms with Crippen LogP contribution in [0.15, 0.2) is 54.6 Å². The number of ether oxygens (including phenoxy) is 1. The van der Waals surface area contributed by atoms with Crippen LogP contribution in [0, 0.1) is 0 Å². The third kappa shape index (κ3) is 4.61. The maximum atomic E-state index is 12.0. The Balaban J connectivity index is 1.84. The quantitative estimate of drug-likeness (QED) is 0.884. The summed E-state index contributed by atoms with van der Waals surface area (Å²) in [6.07, 6.45) is 0. The summed E-state index contributed by atoms with van der Waals surface area (Å²) in [5.41, 5.74) is 7.72. The minimum atomic E-state index is -0.0539. The number of hydrogen-bond acceptors (Lipinski definition) is 3. The normalized spacial score (nSPS) is 10.2. The van der Waals surface area contributed by atoms with Gasteiger partial charge in [-0.1, -0.05) is 42.5 Å². The summed E-state index contributed by atoms with van der Waals surface area (Å²) in [6, 6.07) is 17.3. The standard InChI is InChI=1S/C17H20N2O2/c1-19(12-15-9-7-14(11-18)8-10-15)17(20)13-21-16-5-3-2-4-6-16/h2-10H,11-13,18H2,1H3. The summed E-state index contributed by atoms with van der Waals surface area (Å²) in [5, 5.41) is 0. The van der Waals surface area contributed by atoms with Crippen LogP contribution in [-0.2, 0) is 17.9 Å². The van der Waals surface area contributed by atoms with Gasteiger partial charge in [-0.15, -0.1) is 0 Å². The SMILES string of the molecule is CN(Cc1ccc(CN)cc1)C(=O)COc1ccccc1. The van der Waals surface area contributed by atoms with Crippen LogP contribution in [0.4, 0.5) is 0 Å². The Morgan fingerprint density at radius 1 is 1.05 bits per heavy atom. The van der Waals surface area contributed by atoms with Crippen LogP contribution < -0.4 is 10.5 Å². The Morgan fingerprint density at radius 3 is 2.29 bits per heavy atom. The summed E-state index contributed by atoms with van der Waals surface area (Å²) >= 11 is 0. The van der Waals surface area contributed by atoms with Crippen molar-refractivity contribution in [2.45, 2.75) is 13.1 Å². The van der Waals surface area contributed by atoms with Crippen molar-refractivity contribution < 1.29 is 9.53 Å². The number of hydrogen-bond donors (Lipinski definition) is 1. The van der Waals surface area contributed by atoms with E-state index in [1.54, 1.807) is 11.9 Å². The van der Waals surface area contributed by atoms with Crippen molar-refractivity contribution in [2.24, 2.45) is 5.73 Å². The summed E-state index contributed by atoms with van der Waals surface area (Å²) in [4.78, 5) is 13.7. The minimum absolute atomic E-state index is 0.0431. The third-order valence-corrected chi connectivity index (χ3v) is 3.21. The number of nitrogens with zero attached hydrogens (tertiary/aromatic N) is 1. The van der Waals surface area contributed by atoms with E-state index in [1.165, 1.54) is 0 Å². The van der Waals surface area contributed by atoms with Gasteiger partial charge in [0.25, 0.3) is 5.91 Å². The molecule has 0 bridgehead atoms. The van der Waals surface area contributed by atoms with Gasteiger partial charge >= 0.3 is 0 Å². The second-order valence-corrected chi connectivity index (χ2v) is 4.87. The molecule has 0 spiro atoms. The van der Waals surface area contributed by atoms with E-state index in [0.717, 1.165) is 11.1 Å². The van der Waals surface area contributed by atoms with Gasteiger partial charge in [-0.05, 0) is 23.3 Å². The number of rotatable bonds is 6. The number of likely N-dealkylation sites (N-methyl/N-ethyl adjacent to an activating group) is 1. The van der Waals surface area contributed by atoms with Crippen molar-refractivity contribution in [3.63, 3.8) is 0 Å². The first-order chi connectivity index (χ1) is 10.2. The third-order valence-electron chi connectivity index (χ3n) is 3.21. The molecule has 0 radical (unpaired) electrons. The van der Waals surface area contributed by atoms with Gasteiger partial charge in [-0.25, -0.2) is 0 Å². The van der Waals surface area contributed by atoms with Crippen LogP contribution in [0.3, 0.4) is 0 Å². The zero-order valence-electron chi connectivity index (χ0n) is 12.2. The Morgan fingerprint density at radius 2 is 1.67 bits per heavy atom. The average molecular weight is 284 g/mol. The highest BCUT2D eigenvalue weighted by molar-refractivity contribution is 5.77. The number of carbonyl (C=O) groups excluding carboxylic acids is 1. The van der Waals surface area contributed by atoms with E-state index in [-0.39, 0.29) is 12.5 Å². The van der Waals surface area contributed by atoms with Gasteiger partial charge < -0.3 is 15.4 Å². The fraction of sp³-hybridized carbons (Fsp3) is 0.235. The van der Waals surface area contributed by atoms with Gasteiger partial charge in [0.2, 0.25) is 0 Å². The molecule has 0 aromatic heterocycles. The molecule has 1 amide bonds. The fourth-order valence-electron chi connectivity index (χ4n) is 1.91. The molecule has 110 valence electrons. The lowest BCUT2D eigenvalue weighted by molar-refractivity contribution is -0.132. The zero-order valence-corrected chi connectivity index (χ0v) is 12.2. The van der Waals surface area contributed by atoms with Crippen molar-refractivity contribution >= 4 is 5.91 Å². The Hall–Kier alpha value is -2.33. The molecule has 4 nitrogen and oxygen atoms in total. The largest absolute Gasteiger partial charge is 0.484 e. The smallest absolute Gasteiger partial charge is 0.260 e. The van der Waals surface area contributed by atoms with Crippen molar-refractivity contribution in [1.82, 2.24) is 4.90 Å². The minimum Gasteiger partial charge on any atom is -0.484 e. The molecule has 0 aliphatic rings. The van der Waals surface area contributed by atoms with E-state index in [9.17, 15) is 4.79 Å². The van der Waals surface area contributed by atoms with Crippen LogP contribution in [0.5, 0.6) is 5.75 Å². The number of carbonyl (C=O) groups is 1. The van der Waals surface area contributed by atoms with E-state index in [4.69, 9.17) is 10.5 Å². The second-order valence-electron chi connectivity index (χ2n) is 4.87. The van der Waals surface area contributed by atoms with Gasteiger partial charge in [0.15, 0.2) is 6.61 Å². The molecule has 0 atom stereocenters. The monoisotopic (exact) mass is 284 g/mol. The summed E-state index contributed by atoms with van der Waals surface area (Å²) in [7, 11) is 1.77. The van der Waals surface area contributed by atoms with E-state index in [1.807, 2.05) is 54.6 Å². The van der Waals surface area contributed by atoms with Gasteiger partial charge in [-0.2, -0.15) is 0 Å². The maximum absolute atomic E-state index is 12.0. The molecule has 0 aliphatic heterocycles.